The zero-order valence-electron chi connectivity index (χ0n) is 15.7. The number of rotatable bonds is 11. The molecule has 0 atom stereocenters. The molecule has 0 heterocycles. The lowest BCUT2D eigenvalue weighted by molar-refractivity contribution is -0.118. The molecule has 0 aliphatic heterocycles. The van der Waals surface area contributed by atoms with Gasteiger partial charge in [-0.25, -0.2) is 0 Å². The first-order chi connectivity index (χ1) is 13.0. The van der Waals surface area contributed by atoms with Gasteiger partial charge in [-0.05, 0) is 24.0 Å². The molecule has 4 nitrogen and oxygen atoms in total. The summed E-state index contributed by atoms with van der Waals surface area (Å²) < 4.78 is 0. The quantitative estimate of drug-likeness (QED) is 0.469. The molecule has 2 aromatic rings. The first-order valence-electron chi connectivity index (χ1n) is 9.37. The summed E-state index contributed by atoms with van der Waals surface area (Å²) in [4.78, 5) is 23.1. The molecule has 0 aliphatic carbocycles. The monoisotopic (exact) mass is 364 g/mol. The molecule has 0 unspecified atom stereocenters. The Morgan fingerprint density at radius 1 is 0.778 bits per heavy atom. The summed E-state index contributed by atoms with van der Waals surface area (Å²) in [5.41, 5.74) is 12.7. The summed E-state index contributed by atoms with van der Waals surface area (Å²) in [5, 5.41) is 0. The number of primary amides is 2. The number of nitrogens with two attached hydrogens (primary N) is 2. The third-order valence-electron chi connectivity index (χ3n) is 5.07. The third-order valence-corrected chi connectivity index (χ3v) is 5.07. The molecule has 4 heteroatoms. The standard InChI is InChI=1S/C23H28N2O2/c1-18(22(25)27)23(19-12-6-4-7-13-19,20-14-8-5-9-15-20)17-11-3-2-10-16-21(24)26/h4-9,12-15H,1-3,10-11,16-17H2,(H2,24,26)(H2,25,27). The molecule has 2 amide bonds. The highest BCUT2D eigenvalue weighted by Gasteiger charge is 2.38. The van der Waals surface area contributed by atoms with Crippen LogP contribution in [0.3, 0.4) is 0 Å². The number of benzene rings is 2. The van der Waals surface area contributed by atoms with Crippen molar-refractivity contribution < 1.29 is 9.59 Å². The Morgan fingerprint density at radius 2 is 1.26 bits per heavy atom. The molecule has 0 bridgehead atoms. The highest BCUT2D eigenvalue weighted by Crippen LogP contribution is 2.43. The molecular formula is C23H28N2O2. The van der Waals surface area contributed by atoms with E-state index in [0.717, 1.165) is 43.2 Å². The average Bonchev–Trinajstić information content (AvgIpc) is 2.68. The van der Waals surface area contributed by atoms with Gasteiger partial charge in [0.15, 0.2) is 0 Å². The van der Waals surface area contributed by atoms with Crippen LogP contribution in [0.15, 0.2) is 72.8 Å². The molecule has 2 rings (SSSR count). The van der Waals surface area contributed by atoms with Crippen LogP contribution in [0.2, 0.25) is 0 Å². The molecule has 0 radical (unpaired) electrons. The number of unbranched alkanes of at least 4 members (excludes halogenated alkanes) is 3. The molecule has 142 valence electrons. The highest BCUT2D eigenvalue weighted by molar-refractivity contribution is 5.95. The lowest BCUT2D eigenvalue weighted by Gasteiger charge is -2.36. The van der Waals surface area contributed by atoms with E-state index in [1.165, 1.54) is 0 Å². The van der Waals surface area contributed by atoms with Crippen molar-refractivity contribution in [3.63, 3.8) is 0 Å². The van der Waals surface area contributed by atoms with Crippen molar-refractivity contribution in [3.8, 4) is 0 Å². The number of hydrogen-bond donors (Lipinski definition) is 2. The molecule has 27 heavy (non-hydrogen) atoms. The summed E-state index contributed by atoms with van der Waals surface area (Å²) in [6.45, 7) is 4.08. The molecule has 0 spiro atoms. The second-order valence-electron chi connectivity index (χ2n) is 6.86. The fourth-order valence-corrected chi connectivity index (χ4v) is 3.65. The third kappa shape index (κ3) is 5.07. The fourth-order valence-electron chi connectivity index (χ4n) is 3.65. The van der Waals surface area contributed by atoms with Crippen LogP contribution in [0.1, 0.15) is 49.7 Å². The van der Waals surface area contributed by atoms with Gasteiger partial charge in [-0.3, -0.25) is 9.59 Å². The van der Waals surface area contributed by atoms with Crippen LogP contribution in [0.25, 0.3) is 0 Å². The SMILES string of the molecule is C=C(C(N)=O)C(CCCCCCC(N)=O)(c1ccccc1)c1ccccc1. The van der Waals surface area contributed by atoms with Crippen molar-refractivity contribution in [1.82, 2.24) is 0 Å². The Labute approximate surface area is 161 Å². The van der Waals surface area contributed by atoms with Gasteiger partial charge in [-0.15, -0.1) is 0 Å². The van der Waals surface area contributed by atoms with E-state index in [-0.39, 0.29) is 5.91 Å². The number of amides is 2. The van der Waals surface area contributed by atoms with Crippen molar-refractivity contribution in [3.05, 3.63) is 83.9 Å². The van der Waals surface area contributed by atoms with Crippen LogP contribution >= 0.6 is 0 Å². The van der Waals surface area contributed by atoms with E-state index in [2.05, 4.69) is 6.58 Å². The van der Waals surface area contributed by atoms with Crippen molar-refractivity contribution >= 4 is 11.8 Å². The molecule has 0 aromatic heterocycles. The van der Waals surface area contributed by atoms with E-state index in [1.807, 2.05) is 60.7 Å². The minimum Gasteiger partial charge on any atom is -0.370 e. The van der Waals surface area contributed by atoms with E-state index in [1.54, 1.807) is 0 Å². The minimum atomic E-state index is -0.655. The van der Waals surface area contributed by atoms with E-state index >= 15 is 0 Å². The maximum absolute atomic E-state index is 12.2. The molecule has 0 saturated carbocycles. The molecule has 0 fully saturated rings. The summed E-state index contributed by atoms with van der Waals surface area (Å²) in [7, 11) is 0. The lowest BCUT2D eigenvalue weighted by atomic mass is 9.66. The molecule has 2 aromatic carbocycles. The highest BCUT2D eigenvalue weighted by atomic mass is 16.1. The largest absolute Gasteiger partial charge is 0.370 e. The van der Waals surface area contributed by atoms with E-state index in [4.69, 9.17) is 11.5 Å². The zero-order chi connectivity index (χ0) is 19.7. The maximum atomic E-state index is 12.2. The second kappa shape index (κ2) is 9.72. The van der Waals surface area contributed by atoms with Gasteiger partial charge < -0.3 is 11.5 Å². The molecular weight excluding hydrogens is 336 g/mol. The van der Waals surface area contributed by atoms with Crippen molar-refractivity contribution in [2.45, 2.75) is 43.9 Å². The maximum Gasteiger partial charge on any atom is 0.245 e. The Morgan fingerprint density at radius 3 is 1.70 bits per heavy atom. The van der Waals surface area contributed by atoms with Gasteiger partial charge in [0, 0.05) is 17.4 Å². The zero-order valence-corrected chi connectivity index (χ0v) is 15.7. The Hall–Kier alpha value is -2.88. The number of carbonyl (C=O) groups is 2. The van der Waals surface area contributed by atoms with Gasteiger partial charge >= 0.3 is 0 Å². The van der Waals surface area contributed by atoms with Crippen LogP contribution in [0.5, 0.6) is 0 Å². The van der Waals surface area contributed by atoms with E-state index in [0.29, 0.717) is 12.0 Å². The van der Waals surface area contributed by atoms with Crippen LogP contribution in [0, 0.1) is 0 Å². The Bertz CT molecular complexity index is 730. The molecule has 0 saturated heterocycles. The first-order valence-corrected chi connectivity index (χ1v) is 9.37. The number of carbonyl (C=O) groups excluding carboxylic acids is 2. The summed E-state index contributed by atoms with van der Waals surface area (Å²) in [6, 6.07) is 19.9. The van der Waals surface area contributed by atoms with Crippen molar-refractivity contribution in [2.24, 2.45) is 11.5 Å². The number of hydrogen-bond acceptors (Lipinski definition) is 2. The Balaban J connectivity index is 2.33. The van der Waals surface area contributed by atoms with Gasteiger partial charge in [-0.2, -0.15) is 0 Å². The minimum absolute atomic E-state index is 0.264. The molecule has 0 aliphatic rings. The van der Waals surface area contributed by atoms with Crippen LogP contribution in [-0.4, -0.2) is 11.8 Å². The smallest absolute Gasteiger partial charge is 0.245 e. The first kappa shape index (κ1) is 20.4. The predicted octanol–water partition coefficient (Wildman–Crippen LogP) is 3.84. The average molecular weight is 364 g/mol. The van der Waals surface area contributed by atoms with E-state index < -0.39 is 11.3 Å². The summed E-state index contributed by atoms with van der Waals surface area (Å²) >= 11 is 0. The topological polar surface area (TPSA) is 86.2 Å². The fraction of sp³-hybridized carbons (Fsp3) is 0.304. The van der Waals surface area contributed by atoms with Gasteiger partial charge in [0.25, 0.3) is 0 Å². The summed E-state index contributed by atoms with van der Waals surface area (Å²) in [5.74, 6) is -0.753. The van der Waals surface area contributed by atoms with Gasteiger partial charge in [0.2, 0.25) is 11.8 Å². The van der Waals surface area contributed by atoms with Crippen molar-refractivity contribution in [2.75, 3.05) is 0 Å². The lowest BCUT2D eigenvalue weighted by Crippen LogP contribution is -2.36. The van der Waals surface area contributed by atoms with Crippen LogP contribution in [0.4, 0.5) is 0 Å². The summed E-state index contributed by atoms with van der Waals surface area (Å²) in [6.07, 6.45) is 4.67. The van der Waals surface area contributed by atoms with Crippen LogP contribution in [-0.2, 0) is 15.0 Å². The predicted molar refractivity (Wildman–Crippen MR) is 109 cm³/mol. The molecule has 4 N–H and O–H groups in total. The van der Waals surface area contributed by atoms with Gasteiger partial charge in [-0.1, -0.05) is 86.5 Å². The normalized spacial score (nSPS) is 11.1. The Kier molecular flexibility index (Phi) is 7.35. The van der Waals surface area contributed by atoms with Gasteiger partial charge in [0.1, 0.15) is 0 Å². The van der Waals surface area contributed by atoms with Crippen molar-refractivity contribution in [1.29, 1.82) is 0 Å². The second-order valence-corrected chi connectivity index (χ2v) is 6.86. The van der Waals surface area contributed by atoms with E-state index in [9.17, 15) is 9.59 Å². The van der Waals surface area contributed by atoms with Gasteiger partial charge in [0.05, 0.1) is 0 Å². The van der Waals surface area contributed by atoms with Crippen LogP contribution < -0.4 is 11.5 Å².